The molecule has 1 fully saturated rings. The molecule has 4 nitrogen and oxygen atoms in total. The van der Waals surface area contributed by atoms with Gasteiger partial charge < -0.3 is 10.4 Å². The zero-order chi connectivity index (χ0) is 12.7. The van der Waals surface area contributed by atoms with Gasteiger partial charge in [-0.05, 0) is 24.7 Å². The van der Waals surface area contributed by atoms with Gasteiger partial charge in [0.1, 0.15) is 0 Å². The van der Waals surface area contributed by atoms with Crippen molar-refractivity contribution in [3.63, 3.8) is 0 Å². The molecule has 17 heavy (non-hydrogen) atoms. The molecule has 0 aromatic rings. The summed E-state index contributed by atoms with van der Waals surface area (Å²) in [5.74, 6) is -0.186. The summed E-state index contributed by atoms with van der Waals surface area (Å²) in [5.41, 5.74) is 0. The van der Waals surface area contributed by atoms with Crippen LogP contribution in [0.3, 0.4) is 0 Å². The number of nitrogens with one attached hydrogen (secondary N) is 1. The van der Waals surface area contributed by atoms with Gasteiger partial charge >= 0.3 is 5.97 Å². The first-order valence-electron chi connectivity index (χ1n) is 6.56. The molecule has 0 aliphatic heterocycles. The van der Waals surface area contributed by atoms with Crippen LogP contribution < -0.4 is 5.32 Å². The summed E-state index contributed by atoms with van der Waals surface area (Å²) >= 11 is 0. The zero-order valence-electron chi connectivity index (χ0n) is 10.6. The van der Waals surface area contributed by atoms with Crippen molar-refractivity contribution in [2.75, 3.05) is 6.54 Å². The number of carbonyl (C=O) groups is 2. The van der Waals surface area contributed by atoms with Crippen LogP contribution in [-0.2, 0) is 9.59 Å². The Morgan fingerprint density at radius 3 is 2.53 bits per heavy atom. The first-order chi connectivity index (χ1) is 8.08. The van der Waals surface area contributed by atoms with E-state index in [1.54, 1.807) is 0 Å². The van der Waals surface area contributed by atoms with E-state index in [9.17, 15) is 9.59 Å². The van der Waals surface area contributed by atoms with Crippen LogP contribution in [0, 0.1) is 11.8 Å². The molecule has 0 saturated heterocycles. The van der Waals surface area contributed by atoms with Crippen LogP contribution in [0.15, 0.2) is 0 Å². The Morgan fingerprint density at radius 1 is 1.29 bits per heavy atom. The fourth-order valence-electron chi connectivity index (χ4n) is 2.38. The molecule has 0 aromatic carbocycles. The fourth-order valence-corrected chi connectivity index (χ4v) is 2.38. The van der Waals surface area contributed by atoms with E-state index in [1.807, 2.05) is 6.92 Å². The topological polar surface area (TPSA) is 66.4 Å². The molecule has 4 heteroatoms. The van der Waals surface area contributed by atoms with Crippen molar-refractivity contribution in [1.82, 2.24) is 5.32 Å². The lowest BCUT2D eigenvalue weighted by Crippen LogP contribution is -2.30. The van der Waals surface area contributed by atoms with Crippen LogP contribution in [0.5, 0.6) is 0 Å². The van der Waals surface area contributed by atoms with E-state index in [0.29, 0.717) is 18.9 Å². The molecule has 1 unspecified atom stereocenters. The molecule has 0 heterocycles. The van der Waals surface area contributed by atoms with Gasteiger partial charge in [-0.25, -0.2) is 0 Å². The van der Waals surface area contributed by atoms with Gasteiger partial charge in [-0.3, -0.25) is 9.59 Å². The van der Waals surface area contributed by atoms with Crippen molar-refractivity contribution in [3.8, 4) is 0 Å². The summed E-state index contributed by atoms with van der Waals surface area (Å²) in [5, 5.41) is 11.4. The second-order valence-corrected chi connectivity index (χ2v) is 5.22. The maximum absolute atomic E-state index is 11.6. The number of carbonyl (C=O) groups excluding carboxylic acids is 1. The van der Waals surface area contributed by atoms with E-state index < -0.39 is 5.97 Å². The van der Waals surface area contributed by atoms with Gasteiger partial charge in [-0.2, -0.15) is 0 Å². The molecule has 0 aromatic heterocycles. The third-order valence-electron chi connectivity index (χ3n) is 3.37. The molecule has 0 spiro atoms. The van der Waals surface area contributed by atoms with E-state index in [-0.39, 0.29) is 18.2 Å². The Balaban J connectivity index is 2.13. The van der Waals surface area contributed by atoms with Crippen molar-refractivity contribution in [1.29, 1.82) is 0 Å². The van der Waals surface area contributed by atoms with Crippen LogP contribution in [0.25, 0.3) is 0 Å². The molecule has 1 rings (SSSR count). The number of carboxylic acids is 1. The Hall–Kier alpha value is -1.06. The summed E-state index contributed by atoms with van der Waals surface area (Å²) in [4.78, 5) is 22.1. The van der Waals surface area contributed by atoms with Gasteiger partial charge in [0, 0.05) is 19.4 Å². The minimum atomic E-state index is -0.806. The van der Waals surface area contributed by atoms with E-state index in [4.69, 9.17) is 5.11 Å². The Kier molecular flexibility index (Phi) is 6.01. The van der Waals surface area contributed by atoms with Crippen LogP contribution in [0.1, 0.15) is 51.9 Å². The number of hydrogen-bond donors (Lipinski definition) is 2. The average Bonchev–Trinajstić information content (AvgIpc) is 2.27. The third kappa shape index (κ3) is 6.29. The molecule has 1 amide bonds. The normalized spacial score (nSPS) is 18.6. The Bertz CT molecular complexity index is 259. The van der Waals surface area contributed by atoms with Crippen molar-refractivity contribution >= 4 is 11.9 Å². The lowest BCUT2D eigenvalue weighted by molar-refractivity contribution is -0.138. The summed E-state index contributed by atoms with van der Waals surface area (Å²) in [7, 11) is 0. The van der Waals surface area contributed by atoms with Crippen LogP contribution in [0.2, 0.25) is 0 Å². The molecule has 0 bridgehead atoms. The molecule has 1 atom stereocenters. The number of rotatable bonds is 6. The minimum Gasteiger partial charge on any atom is -0.481 e. The first kappa shape index (κ1) is 14.0. The van der Waals surface area contributed by atoms with E-state index >= 15 is 0 Å². The molecular weight excluding hydrogens is 218 g/mol. The van der Waals surface area contributed by atoms with Crippen LogP contribution in [-0.4, -0.2) is 23.5 Å². The van der Waals surface area contributed by atoms with E-state index in [2.05, 4.69) is 5.32 Å². The summed E-state index contributed by atoms with van der Waals surface area (Å²) in [6.45, 7) is 2.31. The van der Waals surface area contributed by atoms with Gasteiger partial charge in [0.25, 0.3) is 0 Å². The average molecular weight is 241 g/mol. The van der Waals surface area contributed by atoms with Crippen molar-refractivity contribution in [2.45, 2.75) is 51.9 Å². The molecule has 0 radical (unpaired) electrons. The van der Waals surface area contributed by atoms with Gasteiger partial charge in [0.2, 0.25) is 5.91 Å². The monoisotopic (exact) mass is 241 g/mol. The second kappa shape index (κ2) is 7.30. The predicted molar refractivity (Wildman–Crippen MR) is 65.6 cm³/mol. The number of carboxylic acid groups (broad SMARTS) is 1. The van der Waals surface area contributed by atoms with Crippen molar-refractivity contribution < 1.29 is 14.7 Å². The Labute approximate surface area is 103 Å². The third-order valence-corrected chi connectivity index (χ3v) is 3.37. The minimum absolute atomic E-state index is 0.00260. The van der Waals surface area contributed by atoms with Gasteiger partial charge in [0.05, 0.1) is 0 Å². The number of amides is 1. The SMILES string of the molecule is CC(CNC(=O)CC1CCCCC1)CC(=O)O. The van der Waals surface area contributed by atoms with E-state index in [1.165, 1.54) is 19.3 Å². The molecule has 2 N–H and O–H groups in total. The quantitative estimate of drug-likeness (QED) is 0.749. The molecule has 1 aliphatic rings. The molecule has 1 aliphatic carbocycles. The van der Waals surface area contributed by atoms with Crippen LogP contribution >= 0.6 is 0 Å². The maximum atomic E-state index is 11.6. The van der Waals surface area contributed by atoms with Crippen molar-refractivity contribution in [3.05, 3.63) is 0 Å². The molecular formula is C13H23NO3. The number of hydrogen-bond acceptors (Lipinski definition) is 2. The van der Waals surface area contributed by atoms with Gasteiger partial charge in [-0.1, -0.05) is 26.2 Å². The highest BCUT2D eigenvalue weighted by Crippen LogP contribution is 2.25. The molecule has 1 saturated carbocycles. The first-order valence-corrected chi connectivity index (χ1v) is 6.56. The summed E-state index contributed by atoms with van der Waals surface area (Å²) in [6.07, 6.45) is 6.84. The summed E-state index contributed by atoms with van der Waals surface area (Å²) < 4.78 is 0. The highest BCUT2D eigenvalue weighted by Gasteiger charge is 2.17. The highest BCUT2D eigenvalue weighted by molar-refractivity contribution is 5.76. The summed E-state index contributed by atoms with van der Waals surface area (Å²) in [6, 6.07) is 0. The Morgan fingerprint density at radius 2 is 1.94 bits per heavy atom. The lowest BCUT2D eigenvalue weighted by atomic mass is 9.87. The highest BCUT2D eigenvalue weighted by atomic mass is 16.4. The second-order valence-electron chi connectivity index (χ2n) is 5.22. The van der Waals surface area contributed by atoms with Crippen molar-refractivity contribution in [2.24, 2.45) is 11.8 Å². The van der Waals surface area contributed by atoms with Gasteiger partial charge in [-0.15, -0.1) is 0 Å². The van der Waals surface area contributed by atoms with E-state index in [0.717, 1.165) is 12.8 Å². The zero-order valence-corrected chi connectivity index (χ0v) is 10.6. The number of aliphatic carboxylic acids is 1. The van der Waals surface area contributed by atoms with Gasteiger partial charge in [0.15, 0.2) is 0 Å². The maximum Gasteiger partial charge on any atom is 0.303 e. The lowest BCUT2D eigenvalue weighted by Gasteiger charge is -2.21. The van der Waals surface area contributed by atoms with Crippen LogP contribution in [0.4, 0.5) is 0 Å². The smallest absolute Gasteiger partial charge is 0.303 e. The largest absolute Gasteiger partial charge is 0.481 e. The predicted octanol–water partition coefficient (Wildman–Crippen LogP) is 2.18. The molecule has 98 valence electrons. The fraction of sp³-hybridized carbons (Fsp3) is 0.846. The standard InChI is InChI=1S/C13H23NO3/c1-10(7-13(16)17)9-14-12(15)8-11-5-3-2-4-6-11/h10-11H,2-9H2,1H3,(H,14,15)(H,16,17).